The lowest BCUT2D eigenvalue weighted by atomic mass is 10.3. The second-order valence-corrected chi connectivity index (χ2v) is 5.33. The normalized spacial score (nSPS) is 11.0. The van der Waals surface area contributed by atoms with Crippen LogP contribution in [-0.4, -0.2) is 29.5 Å². The van der Waals surface area contributed by atoms with Crippen molar-refractivity contribution in [2.45, 2.75) is 11.8 Å². The molecule has 2 aromatic rings. The number of amides is 1. The average Bonchev–Trinajstić information content (AvgIpc) is 2.81. The summed E-state index contributed by atoms with van der Waals surface area (Å²) in [7, 11) is -3.72. The van der Waals surface area contributed by atoms with Crippen molar-refractivity contribution in [3.05, 3.63) is 30.6 Å². The molecule has 0 aliphatic carbocycles. The van der Waals surface area contributed by atoms with E-state index in [0.29, 0.717) is 5.69 Å². The molecule has 0 unspecified atom stereocenters. The van der Waals surface area contributed by atoms with Crippen LogP contribution in [0.1, 0.15) is 6.92 Å². The predicted molar refractivity (Wildman–Crippen MR) is 67.9 cm³/mol. The van der Waals surface area contributed by atoms with Gasteiger partial charge < -0.3 is 5.32 Å². The van der Waals surface area contributed by atoms with Gasteiger partial charge >= 0.3 is 0 Å². The number of hydrogen-bond acceptors (Lipinski definition) is 5. The van der Waals surface area contributed by atoms with Crippen LogP contribution in [-0.2, 0) is 14.8 Å². The van der Waals surface area contributed by atoms with Crippen molar-refractivity contribution in [3.8, 4) is 0 Å². The number of carbonyl (C=O) groups excluding carboxylic acids is 1. The molecule has 0 atom stereocenters. The van der Waals surface area contributed by atoms with Crippen molar-refractivity contribution < 1.29 is 13.2 Å². The molecule has 0 bridgehead atoms. The largest absolute Gasteiger partial charge is 0.326 e. The minimum Gasteiger partial charge on any atom is -0.326 e. The second-order valence-electron chi connectivity index (χ2n) is 3.65. The Labute approximate surface area is 109 Å². The van der Waals surface area contributed by atoms with Crippen molar-refractivity contribution in [1.29, 1.82) is 0 Å². The number of aromatic nitrogens is 3. The number of anilines is 2. The molecule has 0 saturated heterocycles. The minimum absolute atomic E-state index is 0.0333. The van der Waals surface area contributed by atoms with Crippen LogP contribution in [0.25, 0.3) is 0 Å². The Balaban J connectivity index is 2.19. The number of sulfonamides is 1. The van der Waals surface area contributed by atoms with E-state index in [0.717, 1.165) is 0 Å². The van der Waals surface area contributed by atoms with E-state index < -0.39 is 10.0 Å². The molecule has 0 saturated carbocycles. The molecule has 3 N–H and O–H groups in total. The van der Waals surface area contributed by atoms with E-state index in [2.05, 4.69) is 25.2 Å². The highest BCUT2D eigenvalue weighted by atomic mass is 32.2. The maximum Gasteiger partial charge on any atom is 0.264 e. The van der Waals surface area contributed by atoms with Gasteiger partial charge in [0.05, 0.1) is 4.90 Å². The monoisotopic (exact) mass is 281 g/mol. The third-order valence-electron chi connectivity index (χ3n) is 2.13. The van der Waals surface area contributed by atoms with Gasteiger partial charge in [-0.1, -0.05) is 0 Å². The Hall–Kier alpha value is -2.42. The summed E-state index contributed by atoms with van der Waals surface area (Å²) >= 11 is 0. The first-order valence-electron chi connectivity index (χ1n) is 5.23. The SMILES string of the molecule is CC(=O)Nc1ccc(S(=O)(=O)Nc2ncn[nH]2)cc1. The molecule has 0 radical (unpaired) electrons. The summed E-state index contributed by atoms with van der Waals surface area (Å²) in [6.07, 6.45) is 1.19. The van der Waals surface area contributed by atoms with Gasteiger partial charge in [0.15, 0.2) is 0 Å². The Morgan fingerprint density at radius 1 is 1.26 bits per heavy atom. The number of aromatic amines is 1. The number of benzene rings is 1. The lowest BCUT2D eigenvalue weighted by Crippen LogP contribution is -2.14. The zero-order valence-corrected chi connectivity index (χ0v) is 10.7. The number of hydrogen-bond donors (Lipinski definition) is 3. The molecule has 100 valence electrons. The molecular weight excluding hydrogens is 270 g/mol. The van der Waals surface area contributed by atoms with Crippen LogP contribution in [0, 0.1) is 0 Å². The first kappa shape index (κ1) is 13.0. The van der Waals surface area contributed by atoms with Crippen LogP contribution in [0.4, 0.5) is 11.6 Å². The number of carbonyl (C=O) groups is 1. The summed E-state index contributed by atoms with van der Waals surface area (Å²) in [5.41, 5.74) is 0.520. The topological polar surface area (TPSA) is 117 Å². The number of nitrogens with zero attached hydrogens (tertiary/aromatic N) is 2. The Kier molecular flexibility index (Phi) is 3.47. The molecule has 0 spiro atoms. The maximum absolute atomic E-state index is 11.9. The quantitative estimate of drug-likeness (QED) is 0.757. The molecule has 0 fully saturated rings. The van der Waals surface area contributed by atoms with Gasteiger partial charge in [-0.05, 0) is 24.3 Å². The molecular formula is C10H11N5O3S. The lowest BCUT2D eigenvalue weighted by molar-refractivity contribution is -0.114. The third-order valence-corrected chi connectivity index (χ3v) is 3.49. The van der Waals surface area contributed by atoms with Crippen molar-refractivity contribution >= 4 is 27.6 Å². The highest BCUT2D eigenvalue weighted by Crippen LogP contribution is 2.16. The summed E-state index contributed by atoms with van der Waals surface area (Å²) in [5.74, 6) is -0.193. The molecule has 1 amide bonds. The smallest absolute Gasteiger partial charge is 0.264 e. The summed E-state index contributed by atoms with van der Waals surface area (Å²) in [6, 6.07) is 5.75. The van der Waals surface area contributed by atoms with Crippen molar-refractivity contribution in [2.75, 3.05) is 10.0 Å². The molecule has 2 rings (SSSR count). The standard InChI is InChI=1S/C10H11N5O3S/c1-7(16)13-8-2-4-9(5-3-8)19(17,18)15-10-11-6-12-14-10/h2-6H,1H3,(H,13,16)(H2,11,12,14,15). The Morgan fingerprint density at radius 3 is 2.47 bits per heavy atom. The van der Waals surface area contributed by atoms with Gasteiger partial charge in [-0.2, -0.15) is 10.1 Å². The van der Waals surface area contributed by atoms with E-state index in [9.17, 15) is 13.2 Å². The van der Waals surface area contributed by atoms with Crippen LogP contribution < -0.4 is 10.0 Å². The third kappa shape index (κ3) is 3.28. The van der Waals surface area contributed by atoms with E-state index >= 15 is 0 Å². The summed E-state index contributed by atoms with van der Waals surface area (Å²) in [4.78, 5) is 14.6. The zero-order valence-electron chi connectivity index (χ0n) is 9.91. The molecule has 1 heterocycles. The van der Waals surface area contributed by atoms with Crippen LogP contribution in [0.15, 0.2) is 35.5 Å². The molecule has 1 aromatic heterocycles. The van der Waals surface area contributed by atoms with E-state index in [-0.39, 0.29) is 16.8 Å². The molecule has 8 nitrogen and oxygen atoms in total. The van der Waals surface area contributed by atoms with E-state index in [4.69, 9.17) is 0 Å². The zero-order chi connectivity index (χ0) is 13.9. The van der Waals surface area contributed by atoms with Crippen LogP contribution in [0.3, 0.4) is 0 Å². The lowest BCUT2D eigenvalue weighted by Gasteiger charge is -2.06. The fourth-order valence-corrected chi connectivity index (χ4v) is 2.33. The summed E-state index contributed by atoms with van der Waals surface area (Å²) in [5, 5.41) is 8.47. The van der Waals surface area contributed by atoms with Gasteiger partial charge in [-0.15, -0.1) is 0 Å². The number of nitrogens with one attached hydrogen (secondary N) is 3. The molecule has 0 aliphatic heterocycles. The van der Waals surface area contributed by atoms with Gasteiger partial charge in [0, 0.05) is 12.6 Å². The maximum atomic E-state index is 11.9. The average molecular weight is 281 g/mol. The second kappa shape index (κ2) is 5.06. The predicted octanol–water partition coefficient (Wildman–Crippen LogP) is 0.564. The van der Waals surface area contributed by atoms with E-state index in [1.807, 2.05) is 0 Å². The van der Waals surface area contributed by atoms with Crippen LogP contribution in [0.2, 0.25) is 0 Å². The van der Waals surface area contributed by atoms with Crippen LogP contribution >= 0.6 is 0 Å². The molecule has 1 aromatic carbocycles. The highest BCUT2D eigenvalue weighted by Gasteiger charge is 2.15. The fourth-order valence-electron chi connectivity index (χ4n) is 1.36. The molecule has 9 heteroatoms. The highest BCUT2D eigenvalue weighted by molar-refractivity contribution is 7.92. The molecule has 0 aliphatic rings. The van der Waals surface area contributed by atoms with Crippen molar-refractivity contribution in [2.24, 2.45) is 0 Å². The fraction of sp³-hybridized carbons (Fsp3) is 0.100. The molecule has 19 heavy (non-hydrogen) atoms. The summed E-state index contributed by atoms with van der Waals surface area (Å²) < 4.78 is 26.1. The number of rotatable bonds is 4. The van der Waals surface area contributed by atoms with Gasteiger partial charge in [0.25, 0.3) is 10.0 Å². The minimum atomic E-state index is -3.72. The Morgan fingerprint density at radius 2 is 1.95 bits per heavy atom. The number of H-pyrrole nitrogens is 1. The van der Waals surface area contributed by atoms with Gasteiger partial charge in [-0.3, -0.25) is 4.79 Å². The van der Waals surface area contributed by atoms with Gasteiger partial charge in [0.1, 0.15) is 6.33 Å². The van der Waals surface area contributed by atoms with E-state index in [1.165, 1.54) is 37.5 Å². The van der Waals surface area contributed by atoms with Crippen LogP contribution in [0.5, 0.6) is 0 Å². The van der Waals surface area contributed by atoms with Crippen molar-refractivity contribution in [3.63, 3.8) is 0 Å². The summed E-state index contributed by atoms with van der Waals surface area (Å²) in [6.45, 7) is 1.37. The van der Waals surface area contributed by atoms with Crippen molar-refractivity contribution in [1.82, 2.24) is 15.2 Å². The van der Waals surface area contributed by atoms with Gasteiger partial charge in [-0.25, -0.2) is 18.2 Å². The first-order valence-corrected chi connectivity index (χ1v) is 6.71. The Bertz CT molecular complexity index is 664. The van der Waals surface area contributed by atoms with E-state index in [1.54, 1.807) is 0 Å². The first-order chi connectivity index (χ1) is 8.97. The van der Waals surface area contributed by atoms with Gasteiger partial charge in [0.2, 0.25) is 11.9 Å².